The van der Waals surface area contributed by atoms with Gasteiger partial charge in [0.2, 0.25) is 5.91 Å². The molecule has 0 spiro atoms. The maximum atomic E-state index is 11.6. The van der Waals surface area contributed by atoms with Gasteiger partial charge in [-0.15, -0.1) is 0 Å². The number of ether oxygens (including phenoxy) is 1. The molecule has 0 bridgehead atoms. The molecular weight excluding hydrogens is 344 g/mol. The Labute approximate surface area is 160 Å². The summed E-state index contributed by atoms with van der Waals surface area (Å²) in [7, 11) is 1.51. The Kier molecular flexibility index (Phi) is 6.63. The maximum absolute atomic E-state index is 11.6. The first-order valence-corrected chi connectivity index (χ1v) is 9.65. The molecule has 1 aliphatic heterocycles. The predicted molar refractivity (Wildman–Crippen MR) is 102 cm³/mol. The van der Waals surface area contributed by atoms with Crippen molar-refractivity contribution in [1.29, 1.82) is 0 Å². The van der Waals surface area contributed by atoms with E-state index >= 15 is 0 Å². The fraction of sp³-hybridized carbons (Fsp3) is 0.632. The first-order chi connectivity index (χ1) is 13.1. The van der Waals surface area contributed by atoms with Gasteiger partial charge in [-0.3, -0.25) is 19.1 Å². The number of carbonyl (C=O) groups is 1. The SMILES string of the molecule is CCCn1ncc(CN2CCCn3nc(CNC(=O)COC)cc3C2)c1C. The zero-order chi connectivity index (χ0) is 19.2. The predicted octanol–water partition coefficient (Wildman–Crippen LogP) is 1.47. The number of rotatable bonds is 8. The second-order valence-electron chi connectivity index (χ2n) is 7.10. The van der Waals surface area contributed by atoms with Gasteiger partial charge >= 0.3 is 0 Å². The molecule has 0 radical (unpaired) electrons. The number of aryl methyl sites for hydroxylation is 2. The fourth-order valence-electron chi connectivity index (χ4n) is 3.50. The van der Waals surface area contributed by atoms with Crippen LogP contribution in [0.15, 0.2) is 12.3 Å². The third-order valence-electron chi connectivity index (χ3n) is 4.92. The van der Waals surface area contributed by atoms with Gasteiger partial charge in [-0.2, -0.15) is 10.2 Å². The molecule has 3 rings (SSSR count). The Balaban J connectivity index is 1.63. The van der Waals surface area contributed by atoms with Crippen molar-refractivity contribution >= 4 is 5.91 Å². The quantitative estimate of drug-likeness (QED) is 0.757. The van der Waals surface area contributed by atoms with Gasteiger partial charge in [-0.25, -0.2) is 0 Å². The van der Waals surface area contributed by atoms with Crippen molar-refractivity contribution in [2.75, 3.05) is 20.3 Å². The standard InChI is InChI=1S/C19H30N6O2/c1-4-6-24-15(2)16(10-21-24)12-23-7-5-8-25-18(13-23)9-17(22-25)11-20-19(26)14-27-3/h9-10H,4-8,11-14H2,1-3H3,(H,20,26). The molecule has 0 unspecified atom stereocenters. The Hall–Kier alpha value is -2.19. The van der Waals surface area contributed by atoms with Gasteiger partial charge in [0.1, 0.15) is 6.61 Å². The summed E-state index contributed by atoms with van der Waals surface area (Å²) in [6, 6.07) is 2.10. The van der Waals surface area contributed by atoms with Gasteiger partial charge in [0.15, 0.2) is 0 Å². The summed E-state index contributed by atoms with van der Waals surface area (Å²) in [5.74, 6) is -0.123. The summed E-state index contributed by atoms with van der Waals surface area (Å²) < 4.78 is 9.01. The van der Waals surface area contributed by atoms with Gasteiger partial charge in [-0.1, -0.05) is 6.92 Å². The minimum atomic E-state index is -0.123. The second kappa shape index (κ2) is 9.14. The van der Waals surface area contributed by atoms with Crippen molar-refractivity contribution in [3.05, 3.63) is 34.9 Å². The second-order valence-corrected chi connectivity index (χ2v) is 7.10. The Bertz CT molecular complexity index is 766. The smallest absolute Gasteiger partial charge is 0.246 e. The monoisotopic (exact) mass is 374 g/mol. The molecule has 27 heavy (non-hydrogen) atoms. The van der Waals surface area contributed by atoms with Crippen molar-refractivity contribution < 1.29 is 9.53 Å². The van der Waals surface area contributed by atoms with Crippen LogP contribution in [0.4, 0.5) is 0 Å². The van der Waals surface area contributed by atoms with Crippen LogP contribution in [0.25, 0.3) is 0 Å². The van der Waals surface area contributed by atoms with E-state index in [4.69, 9.17) is 4.74 Å². The molecule has 2 aromatic heterocycles. The molecule has 3 heterocycles. The fourth-order valence-corrected chi connectivity index (χ4v) is 3.50. The van der Waals surface area contributed by atoms with Gasteiger partial charge in [0.25, 0.3) is 0 Å². The molecular formula is C19H30N6O2. The topological polar surface area (TPSA) is 77.2 Å². The van der Waals surface area contributed by atoms with E-state index in [0.29, 0.717) is 6.54 Å². The number of nitrogens with one attached hydrogen (secondary N) is 1. The third-order valence-corrected chi connectivity index (χ3v) is 4.92. The van der Waals surface area contributed by atoms with Crippen LogP contribution in [0.3, 0.4) is 0 Å². The molecule has 8 heteroatoms. The van der Waals surface area contributed by atoms with E-state index in [2.05, 4.69) is 49.7 Å². The number of hydrogen-bond donors (Lipinski definition) is 1. The molecule has 0 saturated carbocycles. The van der Waals surface area contributed by atoms with Crippen molar-refractivity contribution in [3.8, 4) is 0 Å². The summed E-state index contributed by atoms with van der Waals surface area (Å²) in [6.07, 6.45) is 4.16. The zero-order valence-corrected chi connectivity index (χ0v) is 16.6. The van der Waals surface area contributed by atoms with Crippen LogP contribution in [0.5, 0.6) is 0 Å². The molecule has 0 atom stereocenters. The van der Waals surface area contributed by atoms with Crippen LogP contribution in [-0.2, 0) is 42.3 Å². The molecule has 148 valence electrons. The minimum absolute atomic E-state index is 0.0758. The van der Waals surface area contributed by atoms with E-state index in [0.717, 1.165) is 51.3 Å². The molecule has 0 aliphatic carbocycles. The van der Waals surface area contributed by atoms with Crippen LogP contribution in [0, 0.1) is 6.92 Å². The van der Waals surface area contributed by atoms with Gasteiger partial charge < -0.3 is 10.1 Å². The van der Waals surface area contributed by atoms with Gasteiger partial charge in [0, 0.05) is 51.1 Å². The van der Waals surface area contributed by atoms with Crippen molar-refractivity contribution in [2.45, 2.75) is 59.4 Å². The number of fused-ring (bicyclic) bond motifs is 1. The van der Waals surface area contributed by atoms with E-state index in [-0.39, 0.29) is 12.5 Å². The molecule has 0 aromatic carbocycles. The van der Waals surface area contributed by atoms with Crippen molar-refractivity contribution in [3.63, 3.8) is 0 Å². The Morgan fingerprint density at radius 1 is 1.37 bits per heavy atom. The van der Waals surface area contributed by atoms with Gasteiger partial charge in [-0.05, 0) is 25.8 Å². The number of carbonyl (C=O) groups excluding carboxylic acids is 1. The molecule has 2 aromatic rings. The van der Waals surface area contributed by atoms with Gasteiger partial charge in [0.05, 0.1) is 24.1 Å². The van der Waals surface area contributed by atoms with Crippen LogP contribution < -0.4 is 5.32 Å². The van der Waals surface area contributed by atoms with E-state index in [1.807, 2.05) is 6.20 Å². The third kappa shape index (κ3) is 4.95. The first-order valence-electron chi connectivity index (χ1n) is 9.65. The van der Waals surface area contributed by atoms with E-state index in [1.54, 1.807) is 0 Å². The summed E-state index contributed by atoms with van der Waals surface area (Å²) in [5.41, 5.74) is 4.64. The van der Waals surface area contributed by atoms with Crippen LogP contribution in [-0.4, -0.2) is 50.6 Å². The van der Waals surface area contributed by atoms with E-state index in [9.17, 15) is 4.79 Å². The highest BCUT2D eigenvalue weighted by Gasteiger charge is 2.18. The van der Waals surface area contributed by atoms with Crippen LogP contribution in [0.1, 0.15) is 42.4 Å². The van der Waals surface area contributed by atoms with Crippen molar-refractivity contribution in [1.82, 2.24) is 29.8 Å². The summed E-state index contributed by atoms with van der Waals surface area (Å²) in [6.45, 7) is 9.52. The van der Waals surface area contributed by atoms with Crippen molar-refractivity contribution in [2.24, 2.45) is 0 Å². The zero-order valence-electron chi connectivity index (χ0n) is 16.6. The molecule has 1 aliphatic rings. The van der Waals surface area contributed by atoms with Crippen LogP contribution >= 0.6 is 0 Å². The number of methoxy groups -OCH3 is 1. The Morgan fingerprint density at radius 3 is 3.00 bits per heavy atom. The molecule has 0 fully saturated rings. The summed E-state index contributed by atoms with van der Waals surface area (Å²) in [4.78, 5) is 14.0. The normalized spacial score (nSPS) is 14.8. The molecule has 8 nitrogen and oxygen atoms in total. The van der Waals surface area contributed by atoms with Crippen LogP contribution in [0.2, 0.25) is 0 Å². The highest BCUT2D eigenvalue weighted by molar-refractivity contribution is 5.77. The average molecular weight is 374 g/mol. The number of hydrogen-bond acceptors (Lipinski definition) is 5. The molecule has 1 N–H and O–H groups in total. The average Bonchev–Trinajstić information content (AvgIpc) is 3.12. The minimum Gasteiger partial charge on any atom is -0.375 e. The lowest BCUT2D eigenvalue weighted by Gasteiger charge is -2.19. The largest absolute Gasteiger partial charge is 0.375 e. The summed E-state index contributed by atoms with van der Waals surface area (Å²) >= 11 is 0. The number of amides is 1. The number of nitrogens with zero attached hydrogens (tertiary/aromatic N) is 5. The summed E-state index contributed by atoms with van der Waals surface area (Å²) in [5, 5.41) is 12.0. The molecule has 1 amide bonds. The first kappa shape index (κ1) is 19.6. The molecule has 0 saturated heterocycles. The lowest BCUT2D eigenvalue weighted by molar-refractivity contribution is -0.124. The highest BCUT2D eigenvalue weighted by Crippen LogP contribution is 2.18. The Morgan fingerprint density at radius 2 is 2.22 bits per heavy atom. The lowest BCUT2D eigenvalue weighted by atomic mass is 10.2. The maximum Gasteiger partial charge on any atom is 0.246 e. The lowest BCUT2D eigenvalue weighted by Crippen LogP contribution is -2.26. The highest BCUT2D eigenvalue weighted by atomic mass is 16.5. The number of aromatic nitrogens is 4. The van der Waals surface area contributed by atoms with E-state index in [1.165, 1.54) is 24.1 Å². The van der Waals surface area contributed by atoms with E-state index < -0.39 is 0 Å².